The van der Waals surface area contributed by atoms with Crippen LogP contribution >= 0.6 is 35.0 Å². The zero-order valence-corrected chi connectivity index (χ0v) is 24.2. The highest BCUT2D eigenvalue weighted by Gasteiger charge is 2.40. The van der Waals surface area contributed by atoms with Crippen LogP contribution in [0.2, 0.25) is 10.0 Å². The first-order valence-corrected chi connectivity index (χ1v) is 14.4. The van der Waals surface area contributed by atoms with Gasteiger partial charge in [-0.25, -0.2) is 4.90 Å². The van der Waals surface area contributed by atoms with Gasteiger partial charge in [-0.2, -0.15) is 0 Å². The second-order valence-corrected chi connectivity index (χ2v) is 11.4. The van der Waals surface area contributed by atoms with Gasteiger partial charge in [0.2, 0.25) is 11.8 Å². The first-order valence-electron chi connectivity index (χ1n) is 12.8. The highest BCUT2D eigenvalue weighted by molar-refractivity contribution is 8.00. The van der Waals surface area contributed by atoms with Crippen LogP contribution in [0.15, 0.2) is 114 Å². The Hall–Kier alpha value is -4.37. The Kier molecular flexibility index (Phi) is 9.07. The number of thioether (sulfide) groups is 1. The fourth-order valence-electron chi connectivity index (χ4n) is 4.24. The predicted octanol–water partition coefficient (Wildman–Crippen LogP) is 6.83. The summed E-state index contributed by atoms with van der Waals surface area (Å²) < 4.78 is 0. The van der Waals surface area contributed by atoms with Crippen molar-refractivity contribution in [2.24, 2.45) is 0 Å². The molecule has 0 bridgehead atoms. The van der Waals surface area contributed by atoms with Gasteiger partial charge in [0.25, 0.3) is 11.8 Å². The molecule has 1 heterocycles. The van der Waals surface area contributed by atoms with E-state index in [0.717, 1.165) is 4.90 Å². The number of amides is 4. The molecule has 1 aliphatic heterocycles. The average Bonchev–Trinajstić information content (AvgIpc) is 3.26. The van der Waals surface area contributed by atoms with Gasteiger partial charge in [0, 0.05) is 32.6 Å². The smallest absolute Gasteiger partial charge is 0.272 e. The van der Waals surface area contributed by atoms with E-state index in [9.17, 15) is 19.2 Å². The van der Waals surface area contributed by atoms with E-state index in [1.165, 1.54) is 16.7 Å². The normalized spacial score (nSPS) is 15.0. The number of imide groups is 1. The average molecular weight is 617 g/mol. The molecule has 42 heavy (non-hydrogen) atoms. The highest BCUT2D eigenvalue weighted by atomic mass is 35.5. The summed E-state index contributed by atoms with van der Waals surface area (Å²) in [4.78, 5) is 53.6. The molecule has 4 aromatic carbocycles. The van der Waals surface area contributed by atoms with E-state index >= 15 is 0 Å². The quantitative estimate of drug-likeness (QED) is 0.167. The van der Waals surface area contributed by atoms with Crippen molar-refractivity contribution in [3.63, 3.8) is 0 Å². The number of hydrogen-bond donors (Lipinski definition) is 2. The van der Waals surface area contributed by atoms with Gasteiger partial charge >= 0.3 is 0 Å². The van der Waals surface area contributed by atoms with E-state index < -0.39 is 17.1 Å². The molecule has 0 spiro atoms. The Morgan fingerprint density at radius 2 is 1.55 bits per heavy atom. The lowest BCUT2D eigenvalue weighted by Gasteiger charge is -2.15. The van der Waals surface area contributed by atoms with E-state index in [4.69, 9.17) is 23.2 Å². The van der Waals surface area contributed by atoms with Crippen molar-refractivity contribution in [2.75, 3.05) is 10.2 Å². The molecule has 210 valence electrons. The number of nitrogens with one attached hydrogen (secondary N) is 2. The lowest BCUT2D eigenvalue weighted by atomic mass is 10.1. The molecule has 0 aromatic heterocycles. The second-order valence-electron chi connectivity index (χ2n) is 9.27. The van der Waals surface area contributed by atoms with Gasteiger partial charge in [-0.3, -0.25) is 19.2 Å². The maximum absolute atomic E-state index is 13.3. The SMILES string of the molecule is O=C(Nc1ccc(SC2CC(=O)N(c3ccc(Cl)cc3)C2=O)cc1)/C(=C/c1cccc(Cl)c1)NC(=O)c1ccccc1. The van der Waals surface area contributed by atoms with Crippen LogP contribution in [0.1, 0.15) is 22.3 Å². The molecule has 1 atom stereocenters. The maximum atomic E-state index is 13.3. The molecule has 4 amide bonds. The third-order valence-corrected chi connectivity index (χ3v) is 7.95. The van der Waals surface area contributed by atoms with Crippen molar-refractivity contribution in [1.82, 2.24) is 5.32 Å². The summed E-state index contributed by atoms with van der Waals surface area (Å²) in [5.74, 6) is -1.54. The first kappa shape index (κ1) is 29.1. The van der Waals surface area contributed by atoms with Crippen LogP contribution in [-0.2, 0) is 14.4 Å². The molecule has 2 N–H and O–H groups in total. The summed E-state index contributed by atoms with van der Waals surface area (Å²) >= 11 is 13.3. The lowest BCUT2D eigenvalue weighted by molar-refractivity contribution is -0.121. The molecule has 0 aliphatic carbocycles. The van der Waals surface area contributed by atoms with Crippen LogP contribution in [0.3, 0.4) is 0 Å². The molecule has 4 aromatic rings. The minimum absolute atomic E-state index is 0.0296. The van der Waals surface area contributed by atoms with Gasteiger partial charge in [0.15, 0.2) is 0 Å². The number of anilines is 2. The second kappa shape index (κ2) is 13.1. The Labute approximate surface area is 256 Å². The topological polar surface area (TPSA) is 95.6 Å². The van der Waals surface area contributed by atoms with Crippen LogP contribution in [0.4, 0.5) is 11.4 Å². The number of rotatable bonds is 8. The van der Waals surface area contributed by atoms with Gasteiger partial charge in [-0.05, 0) is 84.4 Å². The van der Waals surface area contributed by atoms with Crippen LogP contribution in [0.5, 0.6) is 0 Å². The van der Waals surface area contributed by atoms with Crippen LogP contribution in [-0.4, -0.2) is 28.9 Å². The third-order valence-electron chi connectivity index (χ3n) is 6.27. The molecule has 0 radical (unpaired) electrons. The molecule has 0 saturated carbocycles. The van der Waals surface area contributed by atoms with E-state index in [-0.39, 0.29) is 23.9 Å². The highest BCUT2D eigenvalue weighted by Crippen LogP contribution is 2.34. The molecule has 1 fully saturated rings. The number of nitrogens with zero attached hydrogens (tertiary/aromatic N) is 1. The van der Waals surface area contributed by atoms with Crippen molar-refractivity contribution >= 4 is 76.0 Å². The van der Waals surface area contributed by atoms with Crippen LogP contribution in [0, 0.1) is 0 Å². The summed E-state index contributed by atoms with van der Waals surface area (Å²) in [6.45, 7) is 0. The van der Waals surface area contributed by atoms with E-state index in [0.29, 0.717) is 32.5 Å². The van der Waals surface area contributed by atoms with Crippen molar-refractivity contribution in [2.45, 2.75) is 16.6 Å². The number of carbonyl (C=O) groups excluding carboxylic acids is 4. The van der Waals surface area contributed by atoms with Gasteiger partial charge in [-0.1, -0.05) is 53.5 Å². The number of halogens is 2. The fraction of sp³-hybridized carbons (Fsp3) is 0.0625. The first-order chi connectivity index (χ1) is 20.3. The Morgan fingerprint density at radius 1 is 0.833 bits per heavy atom. The zero-order chi connectivity index (χ0) is 29.6. The van der Waals surface area contributed by atoms with Crippen LogP contribution < -0.4 is 15.5 Å². The van der Waals surface area contributed by atoms with E-state index in [1.54, 1.807) is 109 Å². The minimum Gasteiger partial charge on any atom is -0.321 e. The Morgan fingerprint density at radius 3 is 2.24 bits per heavy atom. The number of hydrogen-bond acceptors (Lipinski definition) is 5. The summed E-state index contributed by atoms with van der Waals surface area (Å²) in [7, 11) is 0. The number of benzene rings is 4. The van der Waals surface area contributed by atoms with E-state index in [2.05, 4.69) is 10.6 Å². The molecular weight excluding hydrogens is 593 g/mol. The molecule has 1 aliphatic rings. The maximum Gasteiger partial charge on any atom is 0.272 e. The van der Waals surface area contributed by atoms with Gasteiger partial charge in [0.05, 0.1) is 10.9 Å². The monoisotopic (exact) mass is 615 g/mol. The van der Waals surface area contributed by atoms with E-state index in [1.807, 2.05) is 0 Å². The Balaban J connectivity index is 1.28. The molecular formula is C32H23Cl2N3O4S. The van der Waals surface area contributed by atoms with Crippen molar-refractivity contribution in [1.29, 1.82) is 0 Å². The molecule has 1 unspecified atom stereocenters. The van der Waals surface area contributed by atoms with Gasteiger partial charge < -0.3 is 10.6 Å². The number of carbonyl (C=O) groups is 4. The van der Waals surface area contributed by atoms with Crippen molar-refractivity contribution in [3.05, 3.63) is 130 Å². The summed E-state index contributed by atoms with van der Waals surface area (Å²) in [6, 6.07) is 28.9. The lowest BCUT2D eigenvalue weighted by Crippen LogP contribution is -2.31. The zero-order valence-electron chi connectivity index (χ0n) is 21.9. The largest absolute Gasteiger partial charge is 0.321 e. The summed E-state index contributed by atoms with van der Waals surface area (Å²) in [6.07, 6.45) is 1.62. The van der Waals surface area contributed by atoms with Gasteiger partial charge in [-0.15, -0.1) is 11.8 Å². The van der Waals surface area contributed by atoms with Crippen molar-refractivity contribution in [3.8, 4) is 0 Å². The molecule has 1 saturated heterocycles. The Bertz CT molecular complexity index is 1680. The van der Waals surface area contributed by atoms with Crippen molar-refractivity contribution < 1.29 is 19.2 Å². The summed E-state index contributed by atoms with van der Waals surface area (Å²) in [5, 5.41) is 5.92. The fourth-order valence-corrected chi connectivity index (χ4v) is 5.62. The minimum atomic E-state index is -0.575. The van der Waals surface area contributed by atoms with Gasteiger partial charge in [0.1, 0.15) is 5.70 Å². The molecule has 7 nitrogen and oxygen atoms in total. The predicted molar refractivity (Wildman–Crippen MR) is 167 cm³/mol. The molecule has 10 heteroatoms. The van der Waals surface area contributed by atoms with Crippen LogP contribution in [0.25, 0.3) is 6.08 Å². The summed E-state index contributed by atoms with van der Waals surface area (Å²) in [5.41, 5.74) is 2.03. The third kappa shape index (κ3) is 7.09. The standard InChI is InChI=1S/C32H23Cl2N3O4S/c33-22-9-13-25(14-10-22)37-29(38)19-28(32(37)41)42-26-15-11-24(12-16-26)35-31(40)27(18-20-5-4-8-23(34)17-20)36-30(39)21-6-2-1-3-7-21/h1-18,28H,19H2,(H,35,40)(H,36,39)/b27-18-. The molecule has 5 rings (SSSR count).